The molecule has 0 aliphatic carbocycles. The van der Waals surface area contributed by atoms with E-state index in [1.165, 1.54) is 0 Å². The summed E-state index contributed by atoms with van der Waals surface area (Å²) in [6.07, 6.45) is 2.61. The number of hydrogen-bond donors (Lipinski definition) is 1. The highest BCUT2D eigenvalue weighted by atomic mass is 16.5. The van der Waals surface area contributed by atoms with Crippen LogP contribution < -0.4 is 4.74 Å². The van der Waals surface area contributed by atoms with E-state index in [1.54, 1.807) is 36.3 Å². The molecule has 1 N–H and O–H groups in total. The Kier molecular flexibility index (Phi) is 8.66. The van der Waals surface area contributed by atoms with Crippen molar-refractivity contribution >= 4 is 17.4 Å². The van der Waals surface area contributed by atoms with Crippen molar-refractivity contribution in [3.05, 3.63) is 71.3 Å². The molecule has 2 aromatic rings. The highest BCUT2D eigenvalue weighted by molar-refractivity contribution is 6.46. The van der Waals surface area contributed by atoms with E-state index in [0.717, 1.165) is 18.4 Å². The van der Waals surface area contributed by atoms with Gasteiger partial charge in [-0.3, -0.25) is 9.59 Å². The number of unbranched alkanes of at least 4 members (excludes halogenated alkanes) is 1. The number of rotatable bonds is 11. The van der Waals surface area contributed by atoms with Gasteiger partial charge in [0, 0.05) is 31.7 Å². The minimum absolute atomic E-state index is 0.147. The molecule has 0 aromatic heterocycles. The van der Waals surface area contributed by atoms with Gasteiger partial charge >= 0.3 is 0 Å². The number of nitrogens with zero attached hydrogens (tertiary/aromatic N) is 1. The fourth-order valence-electron chi connectivity index (χ4n) is 4.19. The van der Waals surface area contributed by atoms with E-state index >= 15 is 0 Å². The lowest BCUT2D eigenvalue weighted by atomic mass is 9.87. The van der Waals surface area contributed by atoms with Crippen LogP contribution in [-0.2, 0) is 14.3 Å². The summed E-state index contributed by atoms with van der Waals surface area (Å²) in [7, 11) is 1.60. The summed E-state index contributed by atoms with van der Waals surface area (Å²) in [6, 6.07) is 16.2. The number of aliphatic hydroxyl groups is 1. The monoisotopic (exact) mass is 451 g/mol. The maximum Gasteiger partial charge on any atom is 0.295 e. The summed E-state index contributed by atoms with van der Waals surface area (Å²) in [4.78, 5) is 27.6. The number of amides is 1. The molecule has 2 aromatic carbocycles. The Balaban J connectivity index is 1.97. The van der Waals surface area contributed by atoms with Gasteiger partial charge in [-0.1, -0.05) is 50.6 Å². The Hall–Kier alpha value is -3.12. The summed E-state index contributed by atoms with van der Waals surface area (Å²) < 4.78 is 10.8. The molecule has 176 valence electrons. The van der Waals surface area contributed by atoms with E-state index < -0.39 is 17.7 Å². The molecule has 6 heteroatoms. The molecule has 0 saturated carbocycles. The normalized spacial score (nSPS) is 18.5. The molecule has 6 nitrogen and oxygen atoms in total. The van der Waals surface area contributed by atoms with E-state index in [-0.39, 0.29) is 17.3 Å². The predicted molar refractivity (Wildman–Crippen MR) is 128 cm³/mol. The number of likely N-dealkylation sites (tertiary alicyclic amines) is 1. The molecule has 1 fully saturated rings. The van der Waals surface area contributed by atoms with Crippen LogP contribution >= 0.6 is 0 Å². The standard InChI is InChI=1S/C27H33NO5/c1-4-5-18-33-22-14-12-21(13-15-22)25(29)23-24(19(2)20-10-7-6-8-11-20)28(16-9-17-32-3)27(31)26(23)30/h6-8,10-15,19,24,29H,4-5,9,16-18H2,1-3H3/b25-23+. The van der Waals surface area contributed by atoms with Gasteiger partial charge in [0.15, 0.2) is 0 Å². The van der Waals surface area contributed by atoms with Gasteiger partial charge in [0.05, 0.1) is 18.2 Å². The van der Waals surface area contributed by atoms with Gasteiger partial charge in [-0.25, -0.2) is 0 Å². The van der Waals surface area contributed by atoms with Crippen molar-refractivity contribution < 1.29 is 24.2 Å². The minimum atomic E-state index is -0.652. The molecule has 1 aliphatic rings. The van der Waals surface area contributed by atoms with Crippen molar-refractivity contribution in [2.45, 2.75) is 45.1 Å². The topological polar surface area (TPSA) is 76.1 Å². The SMILES string of the molecule is CCCCOc1ccc(/C(O)=C2\C(=O)C(=O)N(CCCOC)C2C(C)c2ccccc2)cc1. The molecule has 0 bridgehead atoms. The first kappa shape index (κ1) is 24.5. The summed E-state index contributed by atoms with van der Waals surface area (Å²) >= 11 is 0. The largest absolute Gasteiger partial charge is 0.507 e. The Bertz CT molecular complexity index is 968. The van der Waals surface area contributed by atoms with Gasteiger partial charge in [-0.15, -0.1) is 0 Å². The van der Waals surface area contributed by atoms with Crippen LogP contribution in [0, 0.1) is 0 Å². The number of methoxy groups -OCH3 is 1. The molecular weight excluding hydrogens is 418 g/mol. The van der Waals surface area contributed by atoms with Crippen molar-refractivity contribution in [2.24, 2.45) is 0 Å². The molecule has 1 amide bonds. The van der Waals surface area contributed by atoms with Crippen LogP contribution in [0.15, 0.2) is 60.2 Å². The average molecular weight is 452 g/mol. The first-order valence-electron chi connectivity index (χ1n) is 11.5. The zero-order chi connectivity index (χ0) is 23.8. The average Bonchev–Trinajstić information content (AvgIpc) is 3.09. The molecular formula is C27H33NO5. The second-order valence-electron chi connectivity index (χ2n) is 8.31. The van der Waals surface area contributed by atoms with Crippen LogP contribution in [0.3, 0.4) is 0 Å². The first-order chi connectivity index (χ1) is 16.0. The molecule has 1 saturated heterocycles. The number of benzene rings is 2. The van der Waals surface area contributed by atoms with E-state index in [2.05, 4.69) is 6.92 Å². The number of ketones is 1. The summed E-state index contributed by atoms with van der Waals surface area (Å²) in [6.45, 7) is 5.56. The Morgan fingerprint density at radius 1 is 1.03 bits per heavy atom. The smallest absolute Gasteiger partial charge is 0.295 e. The number of hydrogen-bond acceptors (Lipinski definition) is 5. The number of carbonyl (C=O) groups excluding carboxylic acids is 2. The number of ether oxygens (including phenoxy) is 2. The molecule has 1 aliphatic heterocycles. The molecule has 0 radical (unpaired) electrons. The Morgan fingerprint density at radius 3 is 2.36 bits per heavy atom. The maximum absolute atomic E-state index is 13.1. The molecule has 2 atom stereocenters. The van der Waals surface area contributed by atoms with E-state index in [1.807, 2.05) is 37.3 Å². The number of aliphatic hydroxyl groups excluding tert-OH is 1. The van der Waals surface area contributed by atoms with Gasteiger partial charge in [0.1, 0.15) is 11.5 Å². The molecule has 2 unspecified atom stereocenters. The minimum Gasteiger partial charge on any atom is -0.507 e. The second-order valence-corrected chi connectivity index (χ2v) is 8.31. The molecule has 33 heavy (non-hydrogen) atoms. The van der Waals surface area contributed by atoms with Gasteiger partial charge in [0.2, 0.25) is 0 Å². The van der Waals surface area contributed by atoms with Crippen LogP contribution in [0.4, 0.5) is 0 Å². The third-order valence-corrected chi connectivity index (χ3v) is 6.03. The number of carbonyl (C=O) groups is 2. The van der Waals surface area contributed by atoms with Crippen molar-refractivity contribution in [3.63, 3.8) is 0 Å². The lowest BCUT2D eigenvalue weighted by Crippen LogP contribution is -2.38. The highest BCUT2D eigenvalue weighted by Crippen LogP contribution is 2.37. The molecule has 1 heterocycles. The zero-order valence-corrected chi connectivity index (χ0v) is 19.6. The molecule has 0 spiro atoms. The number of Topliss-reactive ketones (excluding diaryl/α,β-unsaturated/α-hetero) is 1. The third kappa shape index (κ3) is 5.63. The molecule has 3 rings (SSSR count). The van der Waals surface area contributed by atoms with Gasteiger partial charge in [-0.05, 0) is 42.7 Å². The third-order valence-electron chi connectivity index (χ3n) is 6.03. The van der Waals surface area contributed by atoms with Gasteiger partial charge in [-0.2, -0.15) is 0 Å². The van der Waals surface area contributed by atoms with Gasteiger partial charge in [0.25, 0.3) is 11.7 Å². The highest BCUT2D eigenvalue weighted by Gasteiger charge is 2.47. The van der Waals surface area contributed by atoms with Crippen molar-refractivity contribution in [2.75, 3.05) is 26.9 Å². The van der Waals surface area contributed by atoms with Crippen LogP contribution in [0.2, 0.25) is 0 Å². The lowest BCUT2D eigenvalue weighted by molar-refractivity contribution is -0.140. The maximum atomic E-state index is 13.1. The first-order valence-corrected chi connectivity index (χ1v) is 11.5. The summed E-state index contributed by atoms with van der Waals surface area (Å²) in [5.41, 5.74) is 1.62. The fraction of sp³-hybridized carbons (Fsp3) is 0.407. The van der Waals surface area contributed by atoms with Crippen LogP contribution in [0.25, 0.3) is 5.76 Å². The summed E-state index contributed by atoms with van der Waals surface area (Å²) in [5.74, 6) is -0.872. The van der Waals surface area contributed by atoms with Gasteiger partial charge < -0.3 is 19.5 Å². The predicted octanol–water partition coefficient (Wildman–Crippen LogP) is 4.75. The van der Waals surface area contributed by atoms with Crippen molar-refractivity contribution in [3.8, 4) is 5.75 Å². The quantitative estimate of drug-likeness (QED) is 0.231. The van der Waals surface area contributed by atoms with E-state index in [0.29, 0.717) is 37.5 Å². The van der Waals surface area contributed by atoms with Crippen molar-refractivity contribution in [1.29, 1.82) is 0 Å². The fourth-order valence-corrected chi connectivity index (χ4v) is 4.19. The zero-order valence-electron chi connectivity index (χ0n) is 19.6. The lowest BCUT2D eigenvalue weighted by Gasteiger charge is -2.30. The van der Waals surface area contributed by atoms with Crippen LogP contribution in [-0.4, -0.2) is 54.6 Å². The summed E-state index contributed by atoms with van der Waals surface area (Å²) in [5, 5.41) is 11.2. The van der Waals surface area contributed by atoms with Crippen LogP contribution in [0.5, 0.6) is 5.75 Å². The second kappa shape index (κ2) is 11.7. The van der Waals surface area contributed by atoms with E-state index in [9.17, 15) is 14.7 Å². The Morgan fingerprint density at radius 2 is 1.73 bits per heavy atom. The van der Waals surface area contributed by atoms with E-state index in [4.69, 9.17) is 9.47 Å². The van der Waals surface area contributed by atoms with Crippen LogP contribution in [0.1, 0.15) is 50.2 Å². The van der Waals surface area contributed by atoms with Crippen molar-refractivity contribution in [1.82, 2.24) is 4.90 Å². The Labute approximate surface area is 195 Å².